The van der Waals surface area contributed by atoms with Crippen LogP contribution in [-0.2, 0) is 0 Å². The Morgan fingerprint density at radius 1 is 1.04 bits per heavy atom. The van der Waals surface area contributed by atoms with Gasteiger partial charge < -0.3 is 26.0 Å². The minimum Gasteiger partial charge on any atom is -0.390 e. The number of aliphatic hydroxyl groups is 1. The summed E-state index contributed by atoms with van der Waals surface area (Å²) in [5.74, 6) is 1.85. The van der Waals surface area contributed by atoms with Crippen molar-refractivity contribution >= 4 is 17.6 Å². The van der Waals surface area contributed by atoms with E-state index in [-0.39, 0.29) is 5.95 Å². The van der Waals surface area contributed by atoms with Gasteiger partial charge in [-0.3, -0.25) is 0 Å². The molecule has 0 amide bonds. The summed E-state index contributed by atoms with van der Waals surface area (Å²) in [5, 5.41) is 13.5. The maximum atomic E-state index is 10.3. The van der Waals surface area contributed by atoms with E-state index in [1.165, 1.54) is 38.5 Å². The Labute approximate surface area is 144 Å². The molecule has 3 rings (SSSR count). The van der Waals surface area contributed by atoms with Crippen molar-refractivity contribution in [3.05, 3.63) is 6.07 Å². The van der Waals surface area contributed by atoms with Gasteiger partial charge in [-0.05, 0) is 38.8 Å². The van der Waals surface area contributed by atoms with E-state index in [0.29, 0.717) is 18.9 Å². The number of aliphatic hydroxyl groups excluding tert-OH is 1. The summed E-state index contributed by atoms with van der Waals surface area (Å²) in [6, 6.07) is 1.93. The molecule has 2 fully saturated rings. The summed E-state index contributed by atoms with van der Waals surface area (Å²) < 4.78 is 0. The highest BCUT2D eigenvalue weighted by Crippen LogP contribution is 2.21. The van der Waals surface area contributed by atoms with Crippen LogP contribution in [0.5, 0.6) is 0 Å². The van der Waals surface area contributed by atoms with Crippen molar-refractivity contribution in [1.29, 1.82) is 0 Å². The van der Waals surface area contributed by atoms with Crippen LogP contribution >= 0.6 is 0 Å². The van der Waals surface area contributed by atoms with Crippen molar-refractivity contribution in [2.45, 2.75) is 44.6 Å². The second-order valence-corrected chi connectivity index (χ2v) is 6.91. The largest absolute Gasteiger partial charge is 0.390 e. The highest BCUT2D eigenvalue weighted by molar-refractivity contribution is 5.53. The summed E-state index contributed by atoms with van der Waals surface area (Å²) in [4.78, 5) is 13.2. The van der Waals surface area contributed by atoms with Gasteiger partial charge in [0.15, 0.2) is 0 Å². The summed E-state index contributed by atoms with van der Waals surface area (Å²) in [6.07, 6.45) is 7.08. The van der Waals surface area contributed by atoms with E-state index in [1.54, 1.807) is 0 Å². The summed E-state index contributed by atoms with van der Waals surface area (Å²) in [6.45, 7) is 5.42. The number of rotatable bonds is 6. The standard InChI is InChI=1S/C17H30N6O/c18-17-20-15(11-16(21-17)23-9-5-6-10-23)19-12-14(24)13-22-7-3-1-2-4-8-22/h11,14,24H,1-10,12-13H2,(H3,18,19,20,21). The van der Waals surface area contributed by atoms with E-state index in [2.05, 4.69) is 25.1 Å². The number of anilines is 3. The lowest BCUT2D eigenvalue weighted by Gasteiger charge is -2.23. The van der Waals surface area contributed by atoms with Gasteiger partial charge in [0, 0.05) is 32.2 Å². The van der Waals surface area contributed by atoms with E-state index >= 15 is 0 Å². The highest BCUT2D eigenvalue weighted by atomic mass is 16.3. The van der Waals surface area contributed by atoms with E-state index in [4.69, 9.17) is 5.73 Å². The number of likely N-dealkylation sites (tertiary alicyclic amines) is 1. The van der Waals surface area contributed by atoms with Gasteiger partial charge in [-0.25, -0.2) is 0 Å². The van der Waals surface area contributed by atoms with E-state index in [1.807, 2.05) is 6.07 Å². The number of aromatic nitrogens is 2. The molecule has 0 aromatic carbocycles. The molecule has 0 saturated carbocycles. The smallest absolute Gasteiger partial charge is 0.223 e. The van der Waals surface area contributed by atoms with Gasteiger partial charge in [0.25, 0.3) is 0 Å². The first-order valence-corrected chi connectivity index (χ1v) is 9.24. The maximum Gasteiger partial charge on any atom is 0.223 e. The van der Waals surface area contributed by atoms with E-state index in [0.717, 1.165) is 32.0 Å². The zero-order valence-electron chi connectivity index (χ0n) is 14.5. The van der Waals surface area contributed by atoms with Crippen LogP contribution < -0.4 is 16.0 Å². The minimum atomic E-state index is -0.408. The molecular weight excluding hydrogens is 304 g/mol. The van der Waals surface area contributed by atoms with Crippen LogP contribution in [0.3, 0.4) is 0 Å². The minimum absolute atomic E-state index is 0.281. The molecule has 4 N–H and O–H groups in total. The predicted octanol–water partition coefficient (Wildman–Crippen LogP) is 1.31. The zero-order chi connectivity index (χ0) is 16.8. The van der Waals surface area contributed by atoms with Crippen molar-refractivity contribution in [3.8, 4) is 0 Å². The van der Waals surface area contributed by atoms with Crippen LogP contribution in [0.15, 0.2) is 6.07 Å². The molecule has 1 unspecified atom stereocenters. The topological polar surface area (TPSA) is 90.5 Å². The van der Waals surface area contributed by atoms with Crippen molar-refractivity contribution in [1.82, 2.24) is 14.9 Å². The summed E-state index contributed by atoms with van der Waals surface area (Å²) in [7, 11) is 0. The molecule has 2 aliphatic heterocycles. The van der Waals surface area contributed by atoms with E-state index in [9.17, 15) is 5.11 Å². The van der Waals surface area contributed by atoms with Crippen LogP contribution in [-0.4, -0.2) is 65.3 Å². The molecule has 2 aliphatic rings. The fraction of sp³-hybridized carbons (Fsp3) is 0.765. The Morgan fingerprint density at radius 2 is 1.71 bits per heavy atom. The zero-order valence-corrected chi connectivity index (χ0v) is 14.5. The molecule has 0 bridgehead atoms. The van der Waals surface area contributed by atoms with Crippen molar-refractivity contribution < 1.29 is 5.11 Å². The van der Waals surface area contributed by atoms with Gasteiger partial charge in [0.05, 0.1) is 6.10 Å². The first kappa shape index (κ1) is 17.2. The molecule has 134 valence electrons. The second kappa shape index (κ2) is 8.48. The van der Waals surface area contributed by atoms with Gasteiger partial charge in [-0.2, -0.15) is 9.97 Å². The number of hydrogen-bond donors (Lipinski definition) is 3. The van der Waals surface area contributed by atoms with Gasteiger partial charge in [-0.1, -0.05) is 12.8 Å². The average Bonchev–Trinajstić information content (AvgIpc) is 2.99. The van der Waals surface area contributed by atoms with E-state index < -0.39 is 6.10 Å². The third-order valence-electron chi connectivity index (χ3n) is 4.85. The Kier molecular flexibility index (Phi) is 6.09. The number of nitrogens with zero attached hydrogens (tertiary/aromatic N) is 4. The van der Waals surface area contributed by atoms with Crippen LogP contribution in [0.1, 0.15) is 38.5 Å². The summed E-state index contributed by atoms with van der Waals surface area (Å²) in [5.41, 5.74) is 5.84. The number of hydrogen-bond acceptors (Lipinski definition) is 7. The van der Waals surface area contributed by atoms with Crippen LogP contribution in [0.4, 0.5) is 17.6 Å². The third kappa shape index (κ3) is 4.95. The summed E-state index contributed by atoms with van der Waals surface area (Å²) >= 11 is 0. The number of nitrogens with one attached hydrogen (secondary N) is 1. The third-order valence-corrected chi connectivity index (χ3v) is 4.85. The lowest BCUT2D eigenvalue weighted by atomic mass is 10.2. The monoisotopic (exact) mass is 334 g/mol. The van der Waals surface area contributed by atoms with Crippen molar-refractivity contribution in [2.24, 2.45) is 0 Å². The molecule has 1 aromatic heterocycles. The Hall–Kier alpha value is -1.60. The SMILES string of the molecule is Nc1nc(NCC(O)CN2CCCCCC2)cc(N2CCCC2)n1. The van der Waals surface area contributed by atoms with Crippen LogP contribution in [0, 0.1) is 0 Å². The lowest BCUT2D eigenvalue weighted by Crippen LogP contribution is -2.36. The first-order chi connectivity index (χ1) is 11.7. The number of nitrogens with two attached hydrogens (primary N) is 1. The normalized spacial score (nSPS) is 20.8. The van der Waals surface area contributed by atoms with Crippen molar-refractivity contribution in [2.75, 3.05) is 55.2 Å². The molecule has 1 atom stereocenters. The molecule has 24 heavy (non-hydrogen) atoms. The number of nitrogen functional groups attached to an aromatic ring is 1. The molecule has 3 heterocycles. The lowest BCUT2D eigenvalue weighted by molar-refractivity contribution is 0.124. The van der Waals surface area contributed by atoms with Gasteiger partial charge in [-0.15, -0.1) is 0 Å². The highest BCUT2D eigenvalue weighted by Gasteiger charge is 2.17. The number of β-amino-alcohol motifs (C(OH)–C–C–N with tert-alkyl or cyclic N) is 1. The average molecular weight is 334 g/mol. The maximum absolute atomic E-state index is 10.3. The molecular formula is C17H30N6O. The Morgan fingerprint density at radius 3 is 2.42 bits per heavy atom. The quantitative estimate of drug-likeness (QED) is 0.722. The molecule has 2 saturated heterocycles. The Bertz CT molecular complexity index is 512. The molecule has 0 radical (unpaired) electrons. The van der Waals surface area contributed by atoms with Crippen molar-refractivity contribution in [3.63, 3.8) is 0 Å². The molecule has 0 spiro atoms. The predicted molar refractivity (Wildman–Crippen MR) is 97.3 cm³/mol. The van der Waals surface area contributed by atoms with Gasteiger partial charge >= 0.3 is 0 Å². The molecule has 1 aromatic rings. The first-order valence-electron chi connectivity index (χ1n) is 9.24. The van der Waals surface area contributed by atoms with Gasteiger partial charge in [0.1, 0.15) is 11.6 Å². The molecule has 7 heteroatoms. The molecule has 0 aliphatic carbocycles. The van der Waals surface area contributed by atoms with Gasteiger partial charge in [0.2, 0.25) is 5.95 Å². The Balaban J connectivity index is 1.51. The van der Waals surface area contributed by atoms with Crippen LogP contribution in [0.2, 0.25) is 0 Å². The molecule has 7 nitrogen and oxygen atoms in total. The second-order valence-electron chi connectivity index (χ2n) is 6.91. The fourth-order valence-electron chi connectivity index (χ4n) is 3.56. The fourth-order valence-corrected chi connectivity index (χ4v) is 3.56. The van der Waals surface area contributed by atoms with Crippen LogP contribution in [0.25, 0.3) is 0 Å².